The van der Waals surface area contributed by atoms with Crippen molar-refractivity contribution in [2.45, 2.75) is 31.9 Å². The Morgan fingerprint density at radius 2 is 2.03 bits per heavy atom. The van der Waals surface area contributed by atoms with Gasteiger partial charge in [-0.3, -0.25) is 9.78 Å². The van der Waals surface area contributed by atoms with Crippen LogP contribution in [0.2, 0.25) is 0 Å². The number of aromatic amines is 1. The lowest BCUT2D eigenvalue weighted by Crippen LogP contribution is -2.35. The second-order valence-corrected chi connectivity index (χ2v) is 8.99. The number of H-pyrrole nitrogens is 1. The first-order valence-corrected chi connectivity index (χ1v) is 11.9. The summed E-state index contributed by atoms with van der Waals surface area (Å²) in [6.07, 6.45) is 6.53. The van der Waals surface area contributed by atoms with Gasteiger partial charge in [-0.1, -0.05) is 6.07 Å². The highest BCUT2D eigenvalue weighted by Gasteiger charge is 2.29. The van der Waals surface area contributed by atoms with Gasteiger partial charge in [-0.05, 0) is 43.2 Å². The smallest absolute Gasteiger partial charge is 0.240 e. The zero-order valence-corrected chi connectivity index (χ0v) is 19.8. The van der Waals surface area contributed by atoms with E-state index < -0.39 is 6.10 Å². The van der Waals surface area contributed by atoms with Crippen LogP contribution in [0.25, 0.3) is 34.2 Å². The molecule has 0 radical (unpaired) electrons. The Kier molecular flexibility index (Phi) is 5.54. The summed E-state index contributed by atoms with van der Waals surface area (Å²) in [6.45, 7) is 3.88. The van der Waals surface area contributed by atoms with E-state index in [1.54, 1.807) is 4.68 Å². The highest BCUT2D eigenvalue weighted by Crippen LogP contribution is 2.34. The monoisotopic (exact) mass is 476 g/mol. The number of aryl methyl sites for hydroxylation is 1. The number of hydrogen-bond acceptors (Lipinski definition) is 7. The Bertz CT molecular complexity index is 1400. The third-order valence-electron chi connectivity index (χ3n) is 6.73. The van der Waals surface area contributed by atoms with Crippen LogP contribution in [0.5, 0.6) is 11.8 Å². The van der Waals surface area contributed by atoms with Crippen molar-refractivity contribution in [3.05, 3.63) is 41.3 Å². The molecule has 2 aliphatic rings. The van der Waals surface area contributed by atoms with E-state index in [1.165, 1.54) is 0 Å². The molecule has 10 heteroatoms. The van der Waals surface area contributed by atoms with Gasteiger partial charge in [0.2, 0.25) is 11.8 Å². The van der Waals surface area contributed by atoms with E-state index in [2.05, 4.69) is 21.4 Å². The van der Waals surface area contributed by atoms with Gasteiger partial charge in [0.25, 0.3) is 0 Å². The van der Waals surface area contributed by atoms with E-state index in [4.69, 9.17) is 19.3 Å². The number of nitrogens with zero attached hydrogens (tertiary/aromatic N) is 5. The summed E-state index contributed by atoms with van der Waals surface area (Å²) in [6, 6.07) is 5.92. The molecule has 0 unspecified atom stereocenters. The summed E-state index contributed by atoms with van der Waals surface area (Å²) in [7, 11) is 1.87. The van der Waals surface area contributed by atoms with Gasteiger partial charge in [0, 0.05) is 31.2 Å². The Labute approximate surface area is 202 Å². The molecular formula is C25H28N6O4. The zero-order chi connectivity index (χ0) is 23.9. The van der Waals surface area contributed by atoms with E-state index in [9.17, 15) is 5.11 Å². The highest BCUT2D eigenvalue weighted by atomic mass is 16.5. The number of benzene rings is 1. The van der Waals surface area contributed by atoms with Crippen molar-refractivity contribution < 1.29 is 19.3 Å². The number of aromatic nitrogens is 6. The molecule has 3 aromatic heterocycles. The van der Waals surface area contributed by atoms with E-state index in [1.807, 2.05) is 49.1 Å². The zero-order valence-electron chi connectivity index (χ0n) is 19.8. The molecule has 4 aromatic rings. The predicted molar refractivity (Wildman–Crippen MR) is 130 cm³/mol. The first kappa shape index (κ1) is 21.9. The number of ether oxygens (including phenoxy) is 3. The van der Waals surface area contributed by atoms with Crippen molar-refractivity contribution in [1.29, 1.82) is 0 Å². The molecule has 0 amide bonds. The average molecular weight is 477 g/mol. The largest absolute Gasteiger partial charge is 0.477 e. The third kappa shape index (κ3) is 3.88. The van der Waals surface area contributed by atoms with Crippen molar-refractivity contribution in [2.24, 2.45) is 7.05 Å². The van der Waals surface area contributed by atoms with Gasteiger partial charge >= 0.3 is 0 Å². The van der Waals surface area contributed by atoms with Gasteiger partial charge in [-0.2, -0.15) is 10.2 Å². The third-order valence-corrected chi connectivity index (χ3v) is 6.73. The van der Waals surface area contributed by atoms with Crippen molar-refractivity contribution in [3.63, 3.8) is 0 Å². The van der Waals surface area contributed by atoms with Crippen molar-refractivity contribution in [2.75, 3.05) is 26.4 Å². The molecule has 1 saturated heterocycles. The SMILES string of the molecule is Cc1c2c(nn1[C@H]1COCC[C@@H]1O)OCCCOc1c(cnn1C)-c1ccc3[nH]nc(c3c1)/C=C/2. The lowest BCUT2D eigenvalue weighted by Gasteiger charge is -2.28. The van der Waals surface area contributed by atoms with Gasteiger partial charge in [-0.25, -0.2) is 4.68 Å². The molecular weight excluding hydrogens is 448 g/mol. The van der Waals surface area contributed by atoms with E-state index in [0.29, 0.717) is 51.0 Å². The quantitative estimate of drug-likeness (QED) is 0.434. The summed E-state index contributed by atoms with van der Waals surface area (Å²) >= 11 is 0. The lowest BCUT2D eigenvalue weighted by molar-refractivity contribution is -0.0339. The van der Waals surface area contributed by atoms with Crippen molar-refractivity contribution >= 4 is 23.1 Å². The maximum absolute atomic E-state index is 10.6. The van der Waals surface area contributed by atoms with Gasteiger partial charge in [0.1, 0.15) is 6.04 Å². The van der Waals surface area contributed by atoms with Crippen LogP contribution in [0.4, 0.5) is 0 Å². The number of nitrogens with one attached hydrogen (secondary N) is 1. The summed E-state index contributed by atoms with van der Waals surface area (Å²) in [5.74, 6) is 1.24. The molecule has 2 N–H and O–H groups in total. The Morgan fingerprint density at radius 1 is 1.14 bits per heavy atom. The fourth-order valence-corrected chi connectivity index (χ4v) is 4.75. The van der Waals surface area contributed by atoms with Gasteiger partial charge in [0.05, 0.1) is 54.5 Å². The van der Waals surface area contributed by atoms with Crippen molar-refractivity contribution in [1.82, 2.24) is 29.8 Å². The number of fused-ring (bicyclic) bond motifs is 4. The van der Waals surface area contributed by atoms with Crippen LogP contribution in [0, 0.1) is 6.92 Å². The standard InChI is InChI=1S/C25H28N6O4/c1-15-17-5-7-21-18-12-16(4-6-20(18)27-28-21)19-13-26-30(2)25(19)35-10-3-9-34-24(17)29-31(15)22-14-33-11-8-23(22)32/h4-7,12-13,22-23,32H,3,8-11,14H2,1-2H3,(H,27,28)/b7-5+/t22-,23-/m0/s1. The normalized spacial score (nSPS) is 21.5. The van der Waals surface area contributed by atoms with E-state index in [0.717, 1.165) is 39.0 Å². The first-order valence-electron chi connectivity index (χ1n) is 11.9. The molecule has 2 aliphatic heterocycles. The topological polar surface area (TPSA) is 112 Å². The first-order chi connectivity index (χ1) is 17.1. The van der Waals surface area contributed by atoms with Gasteiger partial charge in [-0.15, -0.1) is 5.10 Å². The second kappa shape index (κ2) is 8.86. The van der Waals surface area contributed by atoms with Crippen LogP contribution in [-0.2, 0) is 11.8 Å². The molecule has 0 aliphatic carbocycles. The molecule has 1 fully saturated rings. The fourth-order valence-electron chi connectivity index (χ4n) is 4.75. The minimum absolute atomic E-state index is 0.251. The molecule has 6 rings (SSSR count). The lowest BCUT2D eigenvalue weighted by atomic mass is 10.0. The maximum Gasteiger partial charge on any atom is 0.240 e. The molecule has 1 aromatic carbocycles. The summed E-state index contributed by atoms with van der Waals surface area (Å²) in [5, 5.41) is 28.3. The number of hydrogen-bond donors (Lipinski definition) is 2. The minimum Gasteiger partial charge on any atom is -0.477 e. The predicted octanol–water partition coefficient (Wildman–Crippen LogP) is 3.12. The molecule has 35 heavy (non-hydrogen) atoms. The fraction of sp³-hybridized carbons (Fsp3) is 0.400. The van der Waals surface area contributed by atoms with Crippen LogP contribution < -0.4 is 9.47 Å². The molecule has 182 valence electrons. The maximum atomic E-state index is 10.6. The molecule has 2 bridgehead atoms. The van der Waals surface area contributed by atoms with Crippen LogP contribution >= 0.6 is 0 Å². The Hall–Kier alpha value is -3.63. The van der Waals surface area contributed by atoms with Crippen molar-refractivity contribution in [3.8, 4) is 22.9 Å². The molecule has 2 atom stereocenters. The van der Waals surface area contributed by atoms with Gasteiger partial charge in [0.15, 0.2) is 0 Å². The average Bonchev–Trinajstić information content (AvgIpc) is 3.53. The second-order valence-electron chi connectivity index (χ2n) is 8.99. The van der Waals surface area contributed by atoms with Crippen LogP contribution in [0.1, 0.15) is 35.8 Å². The molecule has 10 nitrogen and oxygen atoms in total. The molecule has 0 saturated carbocycles. The van der Waals surface area contributed by atoms with Gasteiger partial charge < -0.3 is 19.3 Å². The minimum atomic E-state index is -0.514. The summed E-state index contributed by atoms with van der Waals surface area (Å²) < 4.78 is 21.4. The Balaban J connectivity index is 1.44. The number of aliphatic hydroxyl groups is 1. The van der Waals surface area contributed by atoms with E-state index in [-0.39, 0.29) is 6.04 Å². The molecule has 0 spiro atoms. The van der Waals surface area contributed by atoms with E-state index >= 15 is 0 Å². The van der Waals surface area contributed by atoms with Crippen LogP contribution in [0.15, 0.2) is 24.4 Å². The number of aliphatic hydroxyl groups excluding tert-OH is 1. The highest BCUT2D eigenvalue weighted by molar-refractivity contribution is 5.93. The molecule has 5 heterocycles. The van der Waals surface area contributed by atoms with Crippen LogP contribution in [-0.4, -0.2) is 67.4 Å². The summed E-state index contributed by atoms with van der Waals surface area (Å²) in [4.78, 5) is 0. The Morgan fingerprint density at radius 3 is 2.91 bits per heavy atom. The number of rotatable bonds is 1. The summed E-state index contributed by atoms with van der Waals surface area (Å²) in [5.41, 5.74) is 5.46. The van der Waals surface area contributed by atoms with Crippen LogP contribution in [0.3, 0.4) is 0 Å².